The molecular weight excluding hydrogens is 487 g/mol. The molecule has 1 aliphatic carbocycles. The van der Waals surface area contributed by atoms with Gasteiger partial charge in [0.1, 0.15) is 12.0 Å². The first-order valence-electron chi connectivity index (χ1n) is 12.2. The van der Waals surface area contributed by atoms with Crippen molar-refractivity contribution >= 4 is 11.8 Å². The molecule has 3 aromatic rings. The first kappa shape index (κ1) is 24.8. The van der Waals surface area contributed by atoms with Gasteiger partial charge in [-0.05, 0) is 61.8 Å². The number of aromatic nitrogens is 5. The van der Waals surface area contributed by atoms with Gasteiger partial charge in [-0.25, -0.2) is 4.98 Å². The number of halogens is 3. The smallest absolute Gasteiger partial charge is 0.349 e. The molecule has 0 spiro atoms. The Bertz CT molecular complexity index is 1340. The van der Waals surface area contributed by atoms with Crippen LogP contribution < -0.4 is 5.32 Å². The van der Waals surface area contributed by atoms with Gasteiger partial charge in [0, 0.05) is 30.5 Å². The Balaban J connectivity index is 1.39. The monoisotopic (exact) mass is 513 g/mol. The number of carbonyl (C=O) groups is 2. The molecule has 2 aliphatic rings. The molecule has 0 bridgehead atoms. The second-order valence-electron chi connectivity index (χ2n) is 9.57. The standard InChI is InChI=1S/C25H26F3N7O2/c1-3-34-12-21-33-31-13-35(21)19-8-16(11-30-22(19)24(34)37)18-10-17(5-4-14(18)2)32-23(36)15-6-7-29-20(9-15)25(26,27)28/h6-9,11,13-14,17-18H,3-5,10,12H2,1-2H3,(H,32,36). The number of amides is 2. The van der Waals surface area contributed by atoms with Gasteiger partial charge >= 0.3 is 6.18 Å². The van der Waals surface area contributed by atoms with Crippen LogP contribution in [0.25, 0.3) is 5.69 Å². The Labute approximate surface area is 211 Å². The van der Waals surface area contributed by atoms with Crippen molar-refractivity contribution in [1.29, 1.82) is 0 Å². The molecule has 1 N–H and O–H groups in total. The van der Waals surface area contributed by atoms with Crippen LogP contribution in [-0.2, 0) is 12.7 Å². The lowest BCUT2D eigenvalue weighted by Gasteiger charge is -2.35. The molecule has 3 unspecified atom stereocenters. The largest absolute Gasteiger partial charge is 0.433 e. The van der Waals surface area contributed by atoms with Gasteiger partial charge in [-0.1, -0.05) is 6.92 Å². The van der Waals surface area contributed by atoms with Crippen LogP contribution in [-0.4, -0.2) is 54.0 Å². The normalized spacial score (nSPS) is 21.7. The van der Waals surface area contributed by atoms with E-state index in [0.717, 1.165) is 24.2 Å². The molecule has 1 aliphatic heterocycles. The van der Waals surface area contributed by atoms with E-state index >= 15 is 0 Å². The lowest BCUT2D eigenvalue weighted by molar-refractivity contribution is -0.141. The summed E-state index contributed by atoms with van der Waals surface area (Å²) in [6, 6.07) is 3.76. The van der Waals surface area contributed by atoms with E-state index in [4.69, 9.17) is 0 Å². The van der Waals surface area contributed by atoms with Gasteiger partial charge in [0.25, 0.3) is 11.8 Å². The molecule has 9 nitrogen and oxygen atoms in total. The molecule has 0 saturated heterocycles. The van der Waals surface area contributed by atoms with E-state index in [1.165, 1.54) is 6.07 Å². The molecule has 0 radical (unpaired) electrons. The zero-order valence-corrected chi connectivity index (χ0v) is 20.4. The average molecular weight is 514 g/mol. The predicted molar refractivity (Wildman–Crippen MR) is 126 cm³/mol. The number of fused-ring (bicyclic) bond motifs is 3. The fourth-order valence-corrected chi connectivity index (χ4v) is 5.15. The van der Waals surface area contributed by atoms with E-state index < -0.39 is 17.8 Å². The highest BCUT2D eigenvalue weighted by molar-refractivity contribution is 5.96. The highest BCUT2D eigenvalue weighted by Gasteiger charge is 2.35. The van der Waals surface area contributed by atoms with Crippen LogP contribution in [0.1, 0.15) is 77.0 Å². The Morgan fingerprint density at radius 1 is 1.22 bits per heavy atom. The lowest BCUT2D eigenvalue weighted by atomic mass is 9.74. The molecule has 194 valence electrons. The Kier molecular flexibility index (Phi) is 6.42. The van der Waals surface area contributed by atoms with Crippen LogP contribution in [0.4, 0.5) is 13.2 Å². The number of nitrogens with zero attached hydrogens (tertiary/aromatic N) is 6. The van der Waals surface area contributed by atoms with Crippen LogP contribution in [0, 0.1) is 5.92 Å². The SMILES string of the molecule is CCN1Cc2nncn2-c2cc(C3CC(NC(=O)c4ccnc(C(F)(F)F)c4)CCC3C)cnc2C1=O. The third kappa shape index (κ3) is 4.79. The van der Waals surface area contributed by atoms with E-state index in [1.807, 2.05) is 13.0 Å². The number of alkyl halides is 3. The minimum absolute atomic E-state index is 0.0283. The maximum atomic E-state index is 13.1. The summed E-state index contributed by atoms with van der Waals surface area (Å²) in [5, 5.41) is 11.1. The number of rotatable bonds is 4. The second kappa shape index (κ2) is 9.56. The number of hydrogen-bond donors (Lipinski definition) is 1. The van der Waals surface area contributed by atoms with Crippen molar-refractivity contribution in [2.45, 2.75) is 57.8 Å². The first-order chi connectivity index (χ1) is 17.7. The van der Waals surface area contributed by atoms with Crippen molar-refractivity contribution in [3.63, 3.8) is 0 Å². The van der Waals surface area contributed by atoms with E-state index in [1.54, 1.807) is 22.0 Å². The Morgan fingerprint density at radius 3 is 2.78 bits per heavy atom. The summed E-state index contributed by atoms with van der Waals surface area (Å²) in [5.41, 5.74) is 0.689. The molecule has 1 saturated carbocycles. The minimum atomic E-state index is -4.62. The highest BCUT2D eigenvalue weighted by Crippen LogP contribution is 2.39. The van der Waals surface area contributed by atoms with Crippen LogP contribution in [0.3, 0.4) is 0 Å². The molecule has 4 heterocycles. The summed E-state index contributed by atoms with van der Waals surface area (Å²) in [6.45, 7) is 4.87. The van der Waals surface area contributed by atoms with E-state index in [-0.39, 0.29) is 29.3 Å². The zero-order chi connectivity index (χ0) is 26.3. The molecular formula is C25H26F3N7O2. The van der Waals surface area contributed by atoms with Gasteiger partial charge in [0.05, 0.1) is 12.2 Å². The van der Waals surface area contributed by atoms with Crippen LogP contribution in [0.5, 0.6) is 0 Å². The van der Waals surface area contributed by atoms with E-state index in [2.05, 4.69) is 32.4 Å². The molecule has 3 atom stereocenters. The quantitative estimate of drug-likeness (QED) is 0.570. The third-order valence-corrected chi connectivity index (χ3v) is 7.24. The second-order valence-corrected chi connectivity index (χ2v) is 9.57. The topological polar surface area (TPSA) is 106 Å². The molecule has 37 heavy (non-hydrogen) atoms. The van der Waals surface area contributed by atoms with Crippen LogP contribution in [0.15, 0.2) is 36.9 Å². The number of pyridine rings is 2. The fraction of sp³-hybridized carbons (Fsp3) is 0.440. The number of hydrogen-bond acceptors (Lipinski definition) is 6. The lowest BCUT2D eigenvalue weighted by Crippen LogP contribution is -2.40. The van der Waals surface area contributed by atoms with Crippen molar-refractivity contribution in [3.05, 3.63) is 65.3 Å². The predicted octanol–water partition coefficient (Wildman–Crippen LogP) is 3.75. The van der Waals surface area contributed by atoms with E-state index in [9.17, 15) is 22.8 Å². The summed E-state index contributed by atoms with van der Waals surface area (Å²) in [6.07, 6.45) is 1.77. The van der Waals surface area contributed by atoms with Crippen molar-refractivity contribution in [2.75, 3.05) is 6.54 Å². The third-order valence-electron chi connectivity index (χ3n) is 7.24. The van der Waals surface area contributed by atoms with Gasteiger partial charge < -0.3 is 10.2 Å². The maximum Gasteiger partial charge on any atom is 0.433 e. The van der Waals surface area contributed by atoms with Gasteiger partial charge in [0.15, 0.2) is 11.5 Å². The molecule has 5 rings (SSSR count). The summed E-state index contributed by atoms with van der Waals surface area (Å²) < 4.78 is 40.9. The molecule has 3 aromatic heterocycles. The van der Waals surface area contributed by atoms with Gasteiger partial charge in [-0.15, -0.1) is 10.2 Å². The number of nitrogens with one attached hydrogen (secondary N) is 1. The first-order valence-corrected chi connectivity index (χ1v) is 12.2. The summed E-state index contributed by atoms with van der Waals surface area (Å²) in [5.74, 6) is 0.211. The Hall–Kier alpha value is -3.83. The summed E-state index contributed by atoms with van der Waals surface area (Å²) >= 11 is 0. The van der Waals surface area contributed by atoms with Gasteiger partial charge in [-0.2, -0.15) is 13.2 Å². The minimum Gasteiger partial charge on any atom is -0.349 e. The molecule has 2 amide bonds. The van der Waals surface area contributed by atoms with Crippen molar-refractivity contribution in [3.8, 4) is 5.69 Å². The molecule has 0 aromatic carbocycles. The summed E-state index contributed by atoms with van der Waals surface area (Å²) in [4.78, 5) is 35.4. The van der Waals surface area contributed by atoms with Gasteiger partial charge in [-0.3, -0.25) is 19.1 Å². The Morgan fingerprint density at radius 2 is 2.03 bits per heavy atom. The molecule has 1 fully saturated rings. The van der Waals surface area contributed by atoms with Crippen molar-refractivity contribution in [2.24, 2.45) is 5.92 Å². The van der Waals surface area contributed by atoms with Crippen molar-refractivity contribution < 1.29 is 22.8 Å². The highest BCUT2D eigenvalue weighted by atomic mass is 19.4. The fourth-order valence-electron chi connectivity index (χ4n) is 5.15. The van der Waals surface area contributed by atoms with Crippen molar-refractivity contribution in [1.82, 2.24) is 34.9 Å². The number of carbonyl (C=O) groups excluding carboxylic acids is 2. The molecule has 12 heteroatoms. The van der Waals surface area contributed by atoms with Gasteiger partial charge in [0.2, 0.25) is 0 Å². The van der Waals surface area contributed by atoms with Crippen LogP contribution >= 0.6 is 0 Å². The average Bonchev–Trinajstić information content (AvgIpc) is 3.31. The van der Waals surface area contributed by atoms with E-state index in [0.29, 0.717) is 43.1 Å². The maximum absolute atomic E-state index is 13.1. The zero-order valence-electron chi connectivity index (χ0n) is 20.4. The van der Waals surface area contributed by atoms with Crippen LogP contribution in [0.2, 0.25) is 0 Å². The summed E-state index contributed by atoms with van der Waals surface area (Å²) in [7, 11) is 0.